The van der Waals surface area contributed by atoms with Gasteiger partial charge in [-0.3, -0.25) is 4.79 Å². The van der Waals surface area contributed by atoms with Crippen molar-refractivity contribution in [2.24, 2.45) is 11.8 Å². The fourth-order valence-electron chi connectivity index (χ4n) is 3.29. The third kappa shape index (κ3) is 4.96. The van der Waals surface area contributed by atoms with Gasteiger partial charge in [-0.05, 0) is 63.7 Å². The molecule has 0 aliphatic heterocycles. The van der Waals surface area contributed by atoms with Gasteiger partial charge in [0.15, 0.2) is 0 Å². The maximum absolute atomic E-state index is 12.0. The maximum Gasteiger partial charge on any atom is 0.223 e. The first-order valence-electron chi connectivity index (χ1n) is 7.75. The van der Waals surface area contributed by atoms with Crippen LogP contribution in [0.4, 0.5) is 0 Å². The Morgan fingerprint density at radius 3 is 2.32 bits per heavy atom. The zero-order chi connectivity index (χ0) is 13.7. The van der Waals surface area contributed by atoms with E-state index in [4.69, 9.17) is 11.6 Å². The number of halogens is 1. The largest absolute Gasteiger partial charge is 0.393 e. The minimum absolute atomic E-state index is 0.0865. The maximum atomic E-state index is 12.0. The molecule has 0 unspecified atom stereocenters. The minimum atomic E-state index is -0.0865. The first kappa shape index (κ1) is 15.1. The van der Waals surface area contributed by atoms with Crippen LogP contribution in [0.25, 0.3) is 0 Å². The van der Waals surface area contributed by atoms with Crippen molar-refractivity contribution < 1.29 is 9.90 Å². The van der Waals surface area contributed by atoms with Crippen LogP contribution in [0.5, 0.6) is 0 Å². The number of alkyl halides is 1. The monoisotopic (exact) mass is 287 g/mol. The van der Waals surface area contributed by atoms with Gasteiger partial charge < -0.3 is 10.4 Å². The average Bonchev–Trinajstić information content (AvgIpc) is 2.41. The van der Waals surface area contributed by atoms with Crippen LogP contribution < -0.4 is 5.32 Å². The SMILES string of the molecule is O=C(NCCC1CCC(O)CC1)C1CCC(Cl)CC1. The van der Waals surface area contributed by atoms with Gasteiger partial charge in [-0.1, -0.05) is 0 Å². The lowest BCUT2D eigenvalue weighted by atomic mass is 9.85. The molecule has 0 saturated heterocycles. The first-order chi connectivity index (χ1) is 9.15. The van der Waals surface area contributed by atoms with Gasteiger partial charge in [-0.2, -0.15) is 0 Å². The molecular weight excluding hydrogens is 262 g/mol. The van der Waals surface area contributed by atoms with Crippen molar-refractivity contribution in [2.75, 3.05) is 6.54 Å². The van der Waals surface area contributed by atoms with Crippen LogP contribution in [0.1, 0.15) is 57.8 Å². The number of amides is 1. The molecule has 4 heteroatoms. The molecular formula is C15H26ClNO2. The van der Waals surface area contributed by atoms with Gasteiger partial charge in [0.05, 0.1) is 6.10 Å². The summed E-state index contributed by atoms with van der Waals surface area (Å²) in [6, 6.07) is 0. The Bertz CT molecular complexity index is 282. The number of hydrogen-bond acceptors (Lipinski definition) is 2. The molecule has 0 aromatic heterocycles. The molecule has 19 heavy (non-hydrogen) atoms. The number of nitrogens with one attached hydrogen (secondary N) is 1. The molecule has 0 heterocycles. The fraction of sp³-hybridized carbons (Fsp3) is 0.933. The summed E-state index contributed by atoms with van der Waals surface area (Å²) < 4.78 is 0. The standard InChI is InChI=1S/C15H26ClNO2/c16-13-5-3-12(4-6-13)15(19)17-10-9-11-1-7-14(18)8-2-11/h11-14,18H,1-10H2,(H,17,19). The molecule has 0 atom stereocenters. The first-order valence-corrected chi connectivity index (χ1v) is 8.18. The van der Waals surface area contributed by atoms with E-state index in [0.29, 0.717) is 5.92 Å². The van der Waals surface area contributed by atoms with E-state index >= 15 is 0 Å². The highest BCUT2D eigenvalue weighted by atomic mass is 35.5. The van der Waals surface area contributed by atoms with Crippen molar-refractivity contribution in [3.8, 4) is 0 Å². The molecule has 0 radical (unpaired) electrons. The Labute approximate surface area is 121 Å². The van der Waals surface area contributed by atoms with Gasteiger partial charge in [0.25, 0.3) is 0 Å². The third-order valence-electron chi connectivity index (χ3n) is 4.70. The van der Waals surface area contributed by atoms with Crippen molar-refractivity contribution in [2.45, 2.75) is 69.3 Å². The molecule has 110 valence electrons. The van der Waals surface area contributed by atoms with Crippen LogP contribution in [0.2, 0.25) is 0 Å². The van der Waals surface area contributed by atoms with Crippen molar-refractivity contribution in [3.05, 3.63) is 0 Å². The third-order valence-corrected chi connectivity index (χ3v) is 5.13. The van der Waals surface area contributed by atoms with E-state index in [1.54, 1.807) is 0 Å². The topological polar surface area (TPSA) is 49.3 Å². The lowest BCUT2D eigenvalue weighted by Gasteiger charge is -2.26. The van der Waals surface area contributed by atoms with Crippen molar-refractivity contribution in [3.63, 3.8) is 0 Å². The highest BCUT2D eigenvalue weighted by Gasteiger charge is 2.25. The minimum Gasteiger partial charge on any atom is -0.393 e. The van der Waals surface area contributed by atoms with E-state index < -0.39 is 0 Å². The van der Waals surface area contributed by atoms with E-state index in [9.17, 15) is 9.90 Å². The number of aliphatic hydroxyl groups excluding tert-OH is 1. The molecule has 2 N–H and O–H groups in total. The Balaban J connectivity index is 1.59. The summed E-state index contributed by atoms with van der Waals surface area (Å²) in [4.78, 5) is 12.0. The molecule has 2 fully saturated rings. The predicted molar refractivity (Wildman–Crippen MR) is 77.2 cm³/mol. The summed E-state index contributed by atoms with van der Waals surface area (Å²) in [6.07, 6.45) is 8.87. The van der Waals surface area contributed by atoms with Crippen LogP contribution in [-0.4, -0.2) is 29.0 Å². The summed E-state index contributed by atoms with van der Waals surface area (Å²) in [7, 11) is 0. The van der Waals surface area contributed by atoms with Crippen LogP contribution >= 0.6 is 11.6 Å². The zero-order valence-corrected chi connectivity index (χ0v) is 12.4. The van der Waals surface area contributed by atoms with E-state index in [2.05, 4.69) is 5.32 Å². The smallest absolute Gasteiger partial charge is 0.223 e. The van der Waals surface area contributed by atoms with E-state index in [1.807, 2.05) is 0 Å². The zero-order valence-electron chi connectivity index (χ0n) is 11.6. The van der Waals surface area contributed by atoms with Crippen molar-refractivity contribution >= 4 is 17.5 Å². The molecule has 2 saturated carbocycles. The van der Waals surface area contributed by atoms with Gasteiger partial charge in [-0.15, -0.1) is 11.6 Å². The number of hydrogen-bond donors (Lipinski definition) is 2. The molecule has 0 aromatic rings. The van der Waals surface area contributed by atoms with Crippen molar-refractivity contribution in [1.29, 1.82) is 0 Å². The second kappa shape index (κ2) is 7.49. The number of carbonyl (C=O) groups excluding carboxylic acids is 1. The normalized spacial score (nSPS) is 35.9. The Morgan fingerprint density at radius 1 is 1.05 bits per heavy atom. The Morgan fingerprint density at radius 2 is 1.68 bits per heavy atom. The molecule has 2 aliphatic rings. The lowest BCUT2D eigenvalue weighted by Crippen LogP contribution is -2.34. The van der Waals surface area contributed by atoms with Crippen LogP contribution in [0.3, 0.4) is 0 Å². The summed E-state index contributed by atoms with van der Waals surface area (Å²) in [5.41, 5.74) is 0. The van der Waals surface area contributed by atoms with Gasteiger partial charge >= 0.3 is 0 Å². The summed E-state index contributed by atoms with van der Waals surface area (Å²) in [5.74, 6) is 1.09. The highest BCUT2D eigenvalue weighted by Crippen LogP contribution is 2.28. The lowest BCUT2D eigenvalue weighted by molar-refractivity contribution is -0.125. The summed E-state index contributed by atoms with van der Waals surface area (Å²) >= 11 is 6.05. The van der Waals surface area contributed by atoms with E-state index in [1.165, 1.54) is 0 Å². The Hall–Kier alpha value is -0.280. The van der Waals surface area contributed by atoms with Crippen LogP contribution in [-0.2, 0) is 4.79 Å². The van der Waals surface area contributed by atoms with Gasteiger partial charge in [0.2, 0.25) is 5.91 Å². The summed E-state index contributed by atoms with van der Waals surface area (Å²) in [5, 5.41) is 12.8. The molecule has 0 spiro atoms. The van der Waals surface area contributed by atoms with Gasteiger partial charge in [0, 0.05) is 17.8 Å². The number of rotatable bonds is 4. The Kier molecular flexibility index (Phi) is 5.96. The molecule has 2 rings (SSSR count). The van der Waals surface area contributed by atoms with E-state index in [0.717, 1.165) is 64.3 Å². The van der Waals surface area contributed by atoms with Gasteiger partial charge in [0.1, 0.15) is 0 Å². The van der Waals surface area contributed by atoms with Crippen LogP contribution in [0, 0.1) is 11.8 Å². The summed E-state index contributed by atoms with van der Waals surface area (Å²) in [6.45, 7) is 0.792. The molecule has 0 aromatic carbocycles. The van der Waals surface area contributed by atoms with Crippen molar-refractivity contribution in [1.82, 2.24) is 5.32 Å². The average molecular weight is 288 g/mol. The quantitative estimate of drug-likeness (QED) is 0.781. The van der Waals surface area contributed by atoms with Crippen LogP contribution in [0.15, 0.2) is 0 Å². The van der Waals surface area contributed by atoms with Gasteiger partial charge in [-0.25, -0.2) is 0 Å². The second-order valence-electron chi connectivity index (χ2n) is 6.20. The van der Waals surface area contributed by atoms with E-state index in [-0.39, 0.29) is 23.3 Å². The molecule has 0 bridgehead atoms. The number of aliphatic hydroxyl groups is 1. The predicted octanol–water partition coefficient (Wildman–Crippen LogP) is 2.84. The molecule has 3 nitrogen and oxygen atoms in total. The number of carbonyl (C=O) groups is 1. The fourth-order valence-corrected chi connectivity index (χ4v) is 3.54. The molecule has 2 aliphatic carbocycles. The molecule has 1 amide bonds. The second-order valence-corrected chi connectivity index (χ2v) is 6.82. The highest BCUT2D eigenvalue weighted by molar-refractivity contribution is 6.20.